The fraction of sp³-hybridized carbons (Fsp3) is 0.364. The topological polar surface area (TPSA) is 24.9 Å². The normalized spacial score (nSPS) is 25.0. The minimum Gasteiger partial charge on any atom is -0.497 e. The van der Waals surface area contributed by atoms with Crippen molar-refractivity contribution in [3.8, 4) is 5.75 Å². The lowest BCUT2D eigenvalue weighted by molar-refractivity contribution is -0.177. The summed E-state index contributed by atoms with van der Waals surface area (Å²) in [6.07, 6.45) is 1.90. The molecule has 0 bridgehead atoms. The van der Waals surface area contributed by atoms with Crippen LogP contribution in [0.25, 0.3) is 0 Å². The van der Waals surface area contributed by atoms with Gasteiger partial charge in [0.05, 0.1) is 25.8 Å². The summed E-state index contributed by atoms with van der Waals surface area (Å²) in [7, 11) is 1.65. The van der Waals surface area contributed by atoms with Crippen LogP contribution in [0.5, 0.6) is 5.75 Å². The molecule has 2 aromatic carbocycles. The maximum atomic E-state index is 15.0. The summed E-state index contributed by atoms with van der Waals surface area (Å²) in [5, 5.41) is 1.98. The molecule has 4 rings (SSSR count). The molecule has 0 spiro atoms. The molecule has 0 radical (unpaired) electrons. The lowest BCUT2D eigenvalue weighted by Crippen LogP contribution is -2.46. The third kappa shape index (κ3) is 3.39. The van der Waals surface area contributed by atoms with Crippen molar-refractivity contribution in [2.24, 2.45) is 5.92 Å². The molecule has 0 aromatic heterocycles. The number of ether oxygens (including phenoxy) is 1. The largest absolute Gasteiger partial charge is 0.497 e. The molecule has 0 amide bonds. The van der Waals surface area contributed by atoms with Crippen LogP contribution in [-0.4, -0.2) is 43.3 Å². The van der Waals surface area contributed by atoms with Gasteiger partial charge in [-0.3, -0.25) is 9.74 Å². The Balaban J connectivity index is 1.72. The van der Waals surface area contributed by atoms with Crippen molar-refractivity contribution in [3.63, 3.8) is 0 Å². The molecule has 6 heteroatoms. The molecule has 4 nitrogen and oxygen atoms in total. The van der Waals surface area contributed by atoms with E-state index in [2.05, 4.69) is 27.4 Å². The molecule has 0 aliphatic carbocycles. The van der Waals surface area contributed by atoms with Gasteiger partial charge in [0.25, 0.3) is 0 Å². The number of rotatable bonds is 6. The second kappa shape index (κ2) is 7.95. The molecule has 28 heavy (non-hydrogen) atoms. The molecular weight excluding hydrogens is 423 g/mol. The summed E-state index contributed by atoms with van der Waals surface area (Å²) in [5.74, 6) is 0.808. The second-order valence-corrected chi connectivity index (χ2v) is 8.32. The number of hydroxylamine groups is 2. The van der Waals surface area contributed by atoms with Crippen LogP contribution in [0.1, 0.15) is 11.1 Å². The Morgan fingerprint density at radius 1 is 1.32 bits per heavy atom. The SMILES string of the molecule is C=CCN1CC2CON(Cc3ccc(OC)cc3)C2(c2cc(Br)ccc2F)C1. The molecule has 2 aliphatic rings. The van der Waals surface area contributed by atoms with Crippen LogP contribution < -0.4 is 4.74 Å². The smallest absolute Gasteiger partial charge is 0.128 e. The summed E-state index contributed by atoms with van der Waals surface area (Å²) in [6, 6.07) is 13.1. The molecule has 2 aromatic rings. The number of hydrogen-bond donors (Lipinski definition) is 0. The van der Waals surface area contributed by atoms with Crippen molar-refractivity contribution in [2.75, 3.05) is 33.4 Å². The van der Waals surface area contributed by atoms with E-state index >= 15 is 4.39 Å². The van der Waals surface area contributed by atoms with Crippen molar-refractivity contribution < 1.29 is 14.0 Å². The van der Waals surface area contributed by atoms with E-state index in [0.717, 1.165) is 28.9 Å². The Morgan fingerprint density at radius 2 is 2.11 bits per heavy atom. The summed E-state index contributed by atoms with van der Waals surface area (Å²) < 4.78 is 21.1. The van der Waals surface area contributed by atoms with Crippen LogP contribution in [0.15, 0.2) is 59.6 Å². The van der Waals surface area contributed by atoms with E-state index in [-0.39, 0.29) is 11.7 Å². The highest BCUT2D eigenvalue weighted by Crippen LogP contribution is 2.48. The lowest BCUT2D eigenvalue weighted by Gasteiger charge is -2.37. The fourth-order valence-electron chi connectivity index (χ4n) is 4.44. The molecule has 0 saturated carbocycles. The van der Waals surface area contributed by atoms with Gasteiger partial charge in [-0.2, -0.15) is 5.06 Å². The number of nitrogens with zero attached hydrogens (tertiary/aromatic N) is 2. The van der Waals surface area contributed by atoms with E-state index in [9.17, 15) is 0 Å². The van der Waals surface area contributed by atoms with Gasteiger partial charge in [0.1, 0.15) is 11.6 Å². The van der Waals surface area contributed by atoms with E-state index in [1.54, 1.807) is 13.2 Å². The maximum absolute atomic E-state index is 15.0. The number of halogens is 2. The number of hydrogen-bond acceptors (Lipinski definition) is 4. The van der Waals surface area contributed by atoms with Gasteiger partial charge in [-0.15, -0.1) is 6.58 Å². The predicted octanol–water partition coefficient (Wildman–Crippen LogP) is 4.36. The Morgan fingerprint density at radius 3 is 2.82 bits per heavy atom. The molecule has 2 atom stereocenters. The summed E-state index contributed by atoms with van der Waals surface area (Å²) >= 11 is 3.52. The van der Waals surface area contributed by atoms with Gasteiger partial charge in [0.2, 0.25) is 0 Å². The maximum Gasteiger partial charge on any atom is 0.128 e. The van der Waals surface area contributed by atoms with Gasteiger partial charge in [0, 0.05) is 35.6 Å². The first kappa shape index (κ1) is 19.6. The first-order valence-electron chi connectivity index (χ1n) is 9.39. The zero-order chi connectivity index (χ0) is 19.7. The van der Waals surface area contributed by atoms with E-state index in [1.165, 1.54) is 6.07 Å². The first-order chi connectivity index (χ1) is 13.6. The minimum absolute atomic E-state index is 0.189. The van der Waals surface area contributed by atoms with Crippen molar-refractivity contribution in [1.29, 1.82) is 0 Å². The Bertz CT molecular complexity index is 860. The highest BCUT2D eigenvalue weighted by Gasteiger charge is 2.57. The standard InChI is InChI=1S/C22H24BrFN2O2/c1-3-10-25-13-17-14-28-26(12-16-4-7-19(27-2)8-5-16)22(17,15-25)20-11-18(23)6-9-21(20)24/h3-9,11,17H,1,10,12-15H2,2H3. The van der Waals surface area contributed by atoms with Gasteiger partial charge in [0.15, 0.2) is 0 Å². The molecular formula is C22H24BrFN2O2. The van der Waals surface area contributed by atoms with Crippen LogP contribution >= 0.6 is 15.9 Å². The van der Waals surface area contributed by atoms with Crippen molar-refractivity contribution in [3.05, 3.63) is 76.5 Å². The number of fused-ring (bicyclic) bond motifs is 1. The van der Waals surface area contributed by atoms with Crippen molar-refractivity contribution in [2.45, 2.75) is 12.1 Å². The quantitative estimate of drug-likeness (QED) is 0.615. The molecule has 2 aliphatic heterocycles. The third-order valence-electron chi connectivity index (χ3n) is 5.76. The summed E-state index contributed by atoms with van der Waals surface area (Å²) in [5.41, 5.74) is 1.25. The third-order valence-corrected chi connectivity index (χ3v) is 6.26. The van der Waals surface area contributed by atoms with Gasteiger partial charge in [-0.1, -0.05) is 34.1 Å². The molecule has 2 fully saturated rings. The first-order valence-corrected chi connectivity index (χ1v) is 10.2. The molecule has 2 heterocycles. The monoisotopic (exact) mass is 446 g/mol. The molecule has 2 saturated heterocycles. The molecule has 0 N–H and O–H groups in total. The molecule has 2 unspecified atom stereocenters. The van der Waals surface area contributed by atoms with E-state index in [1.807, 2.05) is 41.5 Å². The average molecular weight is 447 g/mol. The summed E-state index contributed by atoms with van der Waals surface area (Å²) in [4.78, 5) is 8.45. The zero-order valence-corrected chi connectivity index (χ0v) is 17.5. The predicted molar refractivity (Wildman–Crippen MR) is 110 cm³/mol. The number of benzene rings is 2. The summed E-state index contributed by atoms with van der Waals surface area (Å²) in [6.45, 7) is 7.37. The average Bonchev–Trinajstić information content (AvgIpc) is 3.21. The van der Waals surface area contributed by atoms with Crippen LogP contribution in [-0.2, 0) is 16.9 Å². The Hall–Kier alpha value is -1.73. The van der Waals surface area contributed by atoms with Gasteiger partial charge >= 0.3 is 0 Å². The lowest BCUT2D eigenvalue weighted by atomic mass is 9.81. The van der Waals surface area contributed by atoms with Crippen LogP contribution in [0, 0.1) is 11.7 Å². The Labute approximate surface area is 173 Å². The van der Waals surface area contributed by atoms with Gasteiger partial charge < -0.3 is 4.74 Å². The highest BCUT2D eigenvalue weighted by molar-refractivity contribution is 9.10. The minimum atomic E-state index is -0.531. The van der Waals surface area contributed by atoms with Crippen LogP contribution in [0.3, 0.4) is 0 Å². The van der Waals surface area contributed by atoms with Crippen molar-refractivity contribution in [1.82, 2.24) is 9.96 Å². The van der Waals surface area contributed by atoms with E-state index in [4.69, 9.17) is 9.57 Å². The molecule has 148 valence electrons. The van der Waals surface area contributed by atoms with Gasteiger partial charge in [-0.25, -0.2) is 4.39 Å². The fourth-order valence-corrected chi connectivity index (χ4v) is 4.80. The van der Waals surface area contributed by atoms with Crippen molar-refractivity contribution >= 4 is 15.9 Å². The van der Waals surface area contributed by atoms with Gasteiger partial charge in [-0.05, 0) is 35.9 Å². The number of likely N-dealkylation sites (tertiary alicyclic amines) is 1. The van der Waals surface area contributed by atoms with Crippen LogP contribution in [0.4, 0.5) is 4.39 Å². The Kier molecular flexibility index (Phi) is 5.56. The van der Waals surface area contributed by atoms with Crippen LogP contribution in [0.2, 0.25) is 0 Å². The second-order valence-electron chi connectivity index (χ2n) is 7.41. The van der Waals surface area contributed by atoms with E-state index < -0.39 is 5.54 Å². The highest BCUT2D eigenvalue weighted by atomic mass is 79.9. The van der Waals surface area contributed by atoms with E-state index in [0.29, 0.717) is 25.3 Å². The zero-order valence-electron chi connectivity index (χ0n) is 15.9. The number of methoxy groups -OCH3 is 1.